The predicted molar refractivity (Wildman–Crippen MR) is 72.7 cm³/mol. The Labute approximate surface area is 111 Å². The fourth-order valence-electron chi connectivity index (χ4n) is 2.50. The molecule has 106 valence electrons. The second kappa shape index (κ2) is 7.78. The maximum atomic E-state index is 10.9. The van der Waals surface area contributed by atoms with Gasteiger partial charge in [-0.05, 0) is 45.4 Å². The molecule has 3 heteroatoms. The van der Waals surface area contributed by atoms with Crippen molar-refractivity contribution in [3.63, 3.8) is 0 Å². The molecule has 18 heavy (non-hydrogen) atoms. The van der Waals surface area contributed by atoms with Gasteiger partial charge in [-0.25, -0.2) is 0 Å². The van der Waals surface area contributed by atoms with Gasteiger partial charge in [0.1, 0.15) is 0 Å². The van der Waals surface area contributed by atoms with Crippen molar-refractivity contribution in [1.82, 2.24) is 0 Å². The molecular formula is C15H28O3. The maximum absolute atomic E-state index is 10.9. The third-order valence-electron chi connectivity index (χ3n) is 4.00. The zero-order valence-corrected chi connectivity index (χ0v) is 11.9. The molecule has 0 radical (unpaired) electrons. The minimum Gasteiger partial charge on any atom is -0.481 e. The molecule has 0 heterocycles. The number of hydrogen-bond donors (Lipinski definition) is 1. The van der Waals surface area contributed by atoms with E-state index in [1.165, 1.54) is 38.5 Å². The molecule has 0 atom stereocenters. The van der Waals surface area contributed by atoms with Gasteiger partial charge in [-0.15, -0.1) is 0 Å². The summed E-state index contributed by atoms with van der Waals surface area (Å²) >= 11 is 0. The number of hydrogen-bond acceptors (Lipinski definition) is 2. The average molecular weight is 256 g/mol. The van der Waals surface area contributed by atoms with E-state index in [4.69, 9.17) is 9.84 Å². The average Bonchev–Trinajstić information content (AvgIpc) is 2.57. The molecule has 1 fully saturated rings. The fourth-order valence-corrected chi connectivity index (χ4v) is 2.50. The number of carboxylic acids is 1. The van der Waals surface area contributed by atoms with Crippen LogP contribution in [-0.2, 0) is 9.53 Å². The number of ether oxygens (including phenoxy) is 1. The predicted octanol–water partition coefficient (Wildman–Crippen LogP) is 3.86. The van der Waals surface area contributed by atoms with Crippen LogP contribution in [0.3, 0.4) is 0 Å². The van der Waals surface area contributed by atoms with Gasteiger partial charge in [0.05, 0.1) is 5.41 Å². The van der Waals surface area contributed by atoms with Gasteiger partial charge in [0.15, 0.2) is 0 Å². The van der Waals surface area contributed by atoms with Crippen molar-refractivity contribution in [2.24, 2.45) is 11.3 Å². The highest BCUT2D eigenvalue weighted by molar-refractivity contribution is 5.73. The van der Waals surface area contributed by atoms with Crippen LogP contribution in [-0.4, -0.2) is 24.3 Å². The lowest BCUT2D eigenvalue weighted by atomic mass is 9.88. The zero-order chi connectivity index (χ0) is 13.4. The van der Waals surface area contributed by atoms with E-state index >= 15 is 0 Å². The Hall–Kier alpha value is -0.570. The number of carboxylic acid groups (broad SMARTS) is 1. The first-order valence-electron chi connectivity index (χ1n) is 7.33. The quantitative estimate of drug-likeness (QED) is 0.555. The molecule has 1 aliphatic carbocycles. The Balaban J connectivity index is 2.06. The molecular weight excluding hydrogens is 228 g/mol. The molecule has 0 bridgehead atoms. The van der Waals surface area contributed by atoms with E-state index in [2.05, 4.69) is 0 Å². The molecule has 0 aromatic heterocycles. The summed E-state index contributed by atoms with van der Waals surface area (Å²) in [5.41, 5.74) is -0.619. The lowest BCUT2D eigenvalue weighted by molar-refractivity contribution is -0.147. The Kier molecular flexibility index (Phi) is 6.69. The van der Waals surface area contributed by atoms with Crippen molar-refractivity contribution < 1.29 is 14.6 Å². The van der Waals surface area contributed by atoms with Crippen molar-refractivity contribution in [1.29, 1.82) is 0 Å². The molecule has 0 aromatic carbocycles. The van der Waals surface area contributed by atoms with Gasteiger partial charge >= 0.3 is 5.97 Å². The van der Waals surface area contributed by atoms with Gasteiger partial charge in [0.25, 0.3) is 0 Å². The fraction of sp³-hybridized carbons (Fsp3) is 0.933. The van der Waals surface area contributed by atoms with E-state index < -0.39 is 11.4 Å². The second-order valence-electron chi connectivity index (χ2n) is 6.23. The van der Waals surface area contributed by atoms with E-state index in [0.29, 0.717) is 13.0 Å². The summed E-state index contributed by atoms with van der Waals surface area (Å²) in [6.45, 7) is 5.13. The molecule has 0 aliphatic heterocycles. The van der Waals surface area contributed by atoms with Crippen LogP contribution in [0.5, 0.6) is 0 Å². The second-order valence-corrected chi connectivity index (χ2v) is 6.23. The molecule has 0 saturated heterocycles. The summed E-state index contributed by atoms with van der Waals surface area (Å²) in [5.74, 6) is 0.0197. The van der Waals surface area contributed by atoms with Crippen LogP contribution in [0.1, 0.15) is 65.2 Å². The van der Waals surface area contributed by atoms with Crippen molar-refractivity contribution in [2.75, 3.05) is 13.2 Å². The Morgan fingerprint density at radius 2 is 1.83 bits per heavy atom. The van der Waals surface area contributed by atoms with Crippen molar-refractivity contribution in [3.8, 4) is 0 Å². The smallest absolute Gasteiger partial charge is 0.309 e. The summed E-state index contributed by atoms with van der Waals surface area (Å²) in [7, 11) is 0. The van der Waals surface area contributed by atoms with Crippen LogP contribution >= 0.6 is 0 Å². The first-order valence-corrected chi connectivity index (χ1v) is 7.33. The molecule has 3 nitrogen and oxygen atoms in total. The maximum Gasteiger partial charge on any atom is 0.309 e. The zero-order valence-electron chi connectivity index (χ0n) is 11.9. The number of rotatable bonds is 7. The minimum atomic E-state index is -0.716. The Morgan fingerprint density at radius 3 is 2.39 bits per heavy atom. The summed E-state index contributed by atoms with van der Waals surface area (Å²) in [5, 5.41) is 8.99. The molecule has 0 spiro atoms. The minimum absolute atomic E-state index is 0.619. The summed E-state index contributed by atoms with van der Waals surface area (Å²) < 4.78 is 5.71. The van der Waals surface area contributed by atoms with Gasteiger partial charge in [0, 0.05) is 13.2 Å². The SMILES string of the molecule is CC(C)(CCCOCC1CCCCCC1)C(=O)O. The molecule has 0 aromatic rings. The van der Waals surface area contributed by atoms with E-state index in [0.717, 1.165) is 18.9 Å². The first kappa shape index (κ1) is 15.5. The first-order chi connectivity index (χ1) is 8.52. The van der Waals surface area contributed by atoms with Gasteiger partial charge in [-0.1, -0.05) is 25.7 Å². The molecule has 1 aliphatic rings. The van der Waals surface area contributed by atoms with Gasteiger partial charge in [0.2, 0.25) is 0 Å². The van der Waals surface area contributed by atoms with E-state index in [1.54, 1.807) is 13.8 Å². The highest BCUT2D eigenvalue weighted by Crippen LogP contribution is 2.24. The summed E-state index contributed by atoms with van der Waals surface area (Å²) in [4.78, 5) is 10.9. The molecule has 1 rings (SSSR count). The van der Waals surface area contributed by atoms with Crippen molar-refractivity contribution >= 4 is 5.97 Å². The topological polar surface area (TPSA) is 46.5 Å². The summed E-state index contributed by atoms with van der Waals surface area (Å²) in [6.07, 6.45) is 9.59. The van der Waals surface area contributed by atoms with E-state index in [-0.39, 0.29) is 0 Å². The van der Waals surface area contributed by atoms with Gasteiger partial charge in [-0.3, -0.25) is 4.79 Å². The lowest BCUT2D eigenvalue weighted by Crippen LogP contribution is -2.24. The third-order valence-corrected chi connectivity index (χ3v) is 4.00. The number of aliphatic carboxylic acids is 1. The van der Waals surface area contributed by atoms with Crippen LogP contribution in [0.4, 0.5) is 0 Å². The summed E-state index contributed by atoms with van der Waals surface area (Å²) in [6, 6.07) is 0. The van der Waals surface area contributed by atoms with Crippen molar-refractivity contribution in [2.45, 2.75) is 65.2 Å². The van der Waals surface area contributed by atoms with Crippen LogP contribution in [0.25, 0.3) is 0 Å². The highest BCUT2D eigenvalue weighted by Gasteiger charge is 2.26. The van der Waals surface area contributed by atoms with Gasteiger partial charge < -0.3 is 9.84 Å². The molecule has 1 N–H and O–H groups in total. The molecule has 0 unspecified atom stereocenters. The molecule has 1 saturated carbocycles. The normalized spacial score (nSPS) is 18.6. The van der Waals surface area contributed by atoms with Crippen LogP contribution < -0.4 is 0 Å². The monoisotopic (exact) mass is 256 g/mol. The third kappa shape index (κ3) is 5.85. The molecule has 0 amide bonds. The van der Waals surface area contributed by atoms with Crippen LogP contribution in [0.15, 0.2) is 0 Å². The van der Waals surface area contributed by atoms with E-state index in [9.17, 15) is 4.79 Å². The lowest BCUT2D eigenvalue weighted by Gasteiger charge is -2.19. The Bertz CT molecular complexity index is 240. The van der Waals surface area contributed by atoms with E-state index in [1.807, 2.05) is 0 Å². The largest absolute Gasteiger partial charge is 0.481 e. The standard InChI is InChI=1S/C15H28O3/c1-15(2,14(16)17)10-7-11-18-12-13-8-5-3-4-6-9-13/h13H,3-12H2,1-2H3,(H,16,17). The van der Waals surface area contributed by atoms with Crippen LogP contribution in [0, 0.1) is 11.3 Å². The highest BCUT2D eigenvalue weighted by atomic mass is 16.5. The number of carbonyl (C=O) groups is 1. The van der Waals surface area contributed by atoms with Gasteiger partial charge in [-0.2, -0.15) is 0 Å². The van der Waals surface area contributed by atoms with Crippen LogP contribution in [0.2, 0.25) is 0 Å². The Morgan fingerprint density at radius 1 is 1.22 bits per heavy atom. The van der Waals surface area contributed by atoms with Crippen molar-refractivity contribution in [3.05, 3.63) is 0 Å².